The molecule has 2 heterocycles. The minimum Gasteiger partial charge on any atom is -0.316 e. The highest BCUT2D eigenvalue weighted by molar-refractivity contribution is 8.16. The number of rotatable bonds is 3. The van der Waals surface area contributed by atoms with Crippen LogP contribution in [0.3, 0.4) is 0 Å². The van der Waals surface area contributed by atoms with Crippen molar-refractivity contribution in [1.29, 1.82) is 0 Å². The second-order valence-electron chi connectivity index (χ2n) is 7.40. The molecule has 2 atom stereocenters. The van der Waals surface area contributed by atoms with Crippen LogP contribution in [0.1, 0.15) is 31.4 Å². The summed E-state index contributed by atoms with van der Waals surface area (Å²) in [5, 5.41) is 0.581. The maximum atomic E-state index is 12.2. The quantitative estimate of drug-likeness (QED) is 0.806. The largest absolute Gasteiger partial charge is 0.316 e. The minimum atomic E-state index is -3.04. The third-order valence-electron chi connectivity index (χ3n) is 4.35. The van der Waals surface area contributed by atoms with E-state index in [4.69, 9.17) is 0 Å². The average molecular weight is 381 g/mol. The first-order chi connectivity index (χ1) is 11.6. The summed E-state index contributed by atoms with van der Waals surface area (Å²) in [6.45, 7) is 8.01. The lowest BCUT2D eigenvalue weighted by molar-refractivity contribution is -0.118. The van der Waals surface area contributed by atoms with Crippen LogP contribution in [-0.4, -0.2) is 42.3 Å². The van der Waals surface area contributed by atoms with Crippen LogP contribution >= 0.6 is 11.8 Å². The van der Waals surface area contributed by atoms with E-state index in [1.54, 1.807) is 0 Å². The van der Waals surface area contributed by atoms with Crippen molar-refractivity contribution in [1.82, 2.24) is 0 Å². The van der Waals surface area contributed by atoms with Crippen LogP contribution in [0.4, 0.5) is 5.69 Å². The van der Waals surface area contributed by atoms with Crippen LogP contribution in [0.15, 0.2) is 23.2 Å². The Hall–Kier alpha value is -1.34. The van der Waals surface area contributed by atoms with Gasteiger partial charge in [-0.05, 0) is 43.0 Å². The summed E-state index contributed by atoms with van der Waals surface area (Å²) in [6.07, 6.45) is 0.401. The van der Waals surface area contributed by atoms with E-state index in [1.807, 2.05) is 44.7 Å². The molecule has 0 spiro atoms. The Balaban J connectivity index is 2.00. The number of aliphatic imine (C=N–C) groups is 1. The molecule has 136 valence electrons. The molecule has 2 saturated heterocycles. The van der Waals surface area contributed by atoms with Crippen molar-refractivity contribution in [2.45, 2.75) is 45.4 Å². The van der Waals surface area contributed by atoms with Crippen LogP contribution in [0.25, 0.3) is 0 Å². The average Bonchev–Trinajstić information content (AvgIpc) is 2.87. The van der Waals surface area contributed by atoms with Crippen molar-refractivity contribution >= 4 is 38.4 Å². The van der Waals surface area contributed by atoms with Gasteiger partial charge < -0.3 is 4.90 Å². The molecule has 2 aliphatic heterocycles. The molecule has 2 aliphatic rings. The number of nitrogens with zero attached hydrogens (tertiary/aromatic N) is 2. The summed E-state index contributed by atoms with van der Waals surface area (Å²) < 4.78 is 24.2. The van der Waals surface area contributed by atoms with E-state index in [0.29, 0.717) is 11.6 Å². The number of hydrogen-bond donors (Lipinski definition) is 0. The molecule has 2 fully saturated rings. The number of amidine groups is 1. The molecule has 0 aromatic heterocycles. The predicted molar refractivity (Wildman–Crippen MR) is 104 cm³/mol. The Morgan fingerprint density at radius 1 is 1.24 bits per heavy atom. The second-order valence-corrected chi connectivity index (χ2v) is 10.8. The third-order valence-corrected chi connectivity index (χ3v) is 7.56. The minimum absolute atomic E-state index is 0.0589. The maximum Gasteiger partial charge on any atom is 0.248 e. The number of sulfone groups is 1. The number of thioether (sulfide) groups is 1. The van der Waals surface area contributed by atoms with Gasteiger partial charge in [-0.2, -0.15) is 4.99 Å². The monoisotopic (exact) mass is 380 g/mol. The van der Waals surface area contributed by atoms with E-state index in [-0.39, 0.29) is 34.6 Å². The summed E-state index contributed by atoms with van der Waals surface area (Å²) in [4.78, 5) is 18.5. The molecule has 1 aromatic rings. The van der Waals surface area contributed by atoms with Gasteiger partial charge in [0.2, 0.25) is 5.91 Å². The highest BCUT2D eigenvalue weighted by atomic mass is 32.2. The molecule has 25 heavy (non-hydrogen) atoms. The van der Waals surface area contributed by atoms with E-state index < -0.39 is 9.84 Å². The van der Waals surface area contributed by atoms with Gasteiger partial charge in [-0.3, -0.25) is 4.79 Å². The fraction of sp³-hybridized carbons (Fsp3) is 0.556. The van der Waals surface area contributed by atoms with Gasteiger partial charge in [-0.1, -0.05) is 31.7 Å². The van der Waals surface area contributed by atoms with Gasteiger partial charge in [0, 0.05) is 17.4 Å². The van der Waals surface area contributed by atoms with Gasteiger partial charge in [0.25, 0.3) is 0 Å². The molecule has 5 nitrogen and oxygen atoms in total. The van der Waals surface area contributed by atoms with Gasteiger partial charge in [-0.25, -0.2) is 8.42 Å². The molecule has 0 N–H and O–H groups in total. The third kappa shape index (κ3) is 4.08. The Bertz CT molecular complexity index is 810. The summed E-state index contributed by atoms with van der Waals surface area (Å²) >= 11 is 1.43. The Kier molecular flexibility index (Phi) is 4.99. The first kappa shape index (κ1) is 18.5. The van der Waals surface area contributed by atoms with E-state index in [0.717, 1.165) is 16.8 Å². The fourth-order valence-corrected chi connectivity index (χ4v) is 7.39. The number of fused-ring (bicyclic) bond motifs is 1. The highest BCUT2D eigenvalue weighted by Gasteiger charge is 2.49. The van der Waals surface area contributed by atoms with Crippen molar-refractivity contribution < 1.29 is 13.2 Å². The highest BCUT2D eigenvalue weighted by Crippen LogP contribution is 2.41. The smallest absolute Gasteiger partial charge is 0.248 e. The molecule has 1 aromatic carbocycles. The lowest BCUT2D eigenvalue weighted by Gasteiger charge is -2.25. The van der Waals surface area contributed by atoms with Crippen molar-refractivity contribution in [2.75, 3.05) is 16.4 Å². The zero-order valence-corrected chi connectivity index (χ0v) is 16.7. The number of carbonyl (C=O) groups excluding carboxylic acids is 1. The van der Waals surface area contributed by atoms with Crippen LogP contribution in [-0.2, 0) is 14.6 Å². The first-order valence-electron chi connectivity index (χ1n) is 8.51. The first-order valence-corrected chi connectivity index (χ1v) is 11.2. The molecular weight excluding hydrogens is 356 g/mol. The SMILES string of the molecule is Cc1cc(C)cc(N2C(=NC(=O)CC(C)C)S[C@@H]3CS(=O)(=O)C[C@H]32)c1. The van der Waals surface area contributed by atoms with Gasteiger partial charge in [-0.15, -0.1) is 0 Å². The second kappa shape index (κ2) is 6.76. The van der Waals surface area contributed by atoms with Crippen LogP contribution in [0.5, 0.6) is 0 Å². The zero-order valence-electron chi connectivity index (χ0n) is 15.0. The van der Waals surface area contributed by atoms with Crippen molar-refractivity contribution in [3.63, 3.8) is 0 Å². The number of benzene rings is 1. The summed E-state index contributed by atoms with van der Waals surface area (Å²) in [5.41, 5.74) is 3.14. The molecule has 0 saturated carbocycles. The normalized spacial score (nSPS) is 26.4. The number of aryl methyl sites for hydroxylation is 2. The van der Waals surface area contributed by atoms with Crippen molar-refractivity contribution in [3.8, 4) is 0 Å². The number of carbonyl (C=O) groups is 1. The van der Waals surface area contributed by atoms with Gasteiger partial charge in [0.1, 0.15) is 0 Å². The topological polar surface area (TPSA) is 66.8 Å². The van der Waals surface area contributed by atoms with E-state index in [9.17, 15) is 13.2 Å². The number of hydrogen-bond acceptors (Lipinski definition) is 4. The fourth-order valence-electron chi connectivity index (χ4n) is 3.46. The van der Waals surface area contributed by atoms with Crippen molar-refractivity contribution in [2.24, 2.45) is 10.9 Å². The number of anilines is 1. The lowest BCUT2D eigenvalue weighted by Crippen LogP contribution is -2.37. The maximum absolute atomic E-state index is 12.2. The van der Waals surface area contributed by atoms with Crippen LogP contribution in [0, 0.1) is 19.8 Å². The molecule has 0 unspecified atom stereocenters. The van der Waals surface area contributed by atoms with E-state index in [1.165, 1.54) is 11.8 Å². The molecule has 7 heteroatoms. The Morgan fingerprint density at radius 3 is 2.48 bits per heavy atom. The predicted octanol–water partition coefficient (Wildman–Crippen LogP) is 2.95. The zero-order chi connectivity index (χ0) is 18.4. The van der Waals surface area contributed by atoms with Crippen LogP contribution < -0.4 is 4.90 Å². The number of amides is 1. The van der Waals surface area contributed by atoms with E-state index in [2.05, 4.69) is 11.1 Å². The summed E-state index contributed by atoms with van der Waals surface area (Å²) in [5.74, 6) is 0.378. The standard InChI is InChI=1S/C18H24N2O3S2/c1-11(2)5-17(21)19-18-20(14-7-12(3)6-13(4)8-14)15-9-25(22,23)10-16(15)24-18/h6-8,11,15-16H,5,9-10H2,1-4H3/t15-,16-/m1/s1. The molecule has 0 radical (unpaired) electrons. The molecular formula is C18H24N2O3S2. The summed E-state index contributed by atoms with van der Waals surface area (Å²) in [6, 6.07) is 5.99. The van der Waals surface area contributed by atoms with Crippen LogP contribution in [0.2, 0.25) is 0 Å². The van der Waals surface area contributed by atoms with Gasteiger partial charge >= 0.3 is 0 Å². The molecule has 0 bridgehead atoms. The Morgan fingerprint density at radius 2 is 1.88 bits per heavy atom. The lowest BCUT2D eigenvalue weighted by atomic mass is 10.1. The molecule has 3 rings (SSSR count). The van der Waals surface area contributed by atoms with Gasteiger partial charge in [0.05, 0.1) is 17.5 Å². The van der Waals surface area contributed by atoms with E-state index >= 15 is 0 Å². The molecule has 1 amide bonds. The summed E-state index contributed by atoms with van der Waals surface area (Å²) in [7, 11) is -3.04. The Labute approximate surface area is 153 Å². The molecule has 0 aliphatic carbocycles. The van der Waals surface area contributed by atoms with Crippen molar-refractivity contribution in [3.05, 3.63) is 29.3 Å². The van der Waals surface area contributed by atoms with Gasteiger partial charge in [0.15, 0.2) is 15.0 Å².